The third kappa shape index (κ3) is 4.45. The van der Waals surface area contributed by atoms with Gasteiger partial charge in [-0.05, 0) is 65.7 Å². The molecule has 5 rings (SSSR count). The molecule has 1 aromatic heterocycles. The minimum Gasteiger partial charge on any atom is -0.454 e. The molecule has 0 fully saturated rings. The topological polar surface area (TPSA) is 48.1 Å². The summed E-state index contributed by atoms with van der Waals surface area (Å²) in [7, 11) is 0. The van der Waals surface area contributed by atoms with E-state index in [2.05, 4.69) is 10.2 Å². The van der Waals surface area contributed by atoms with Gasteiger partial charge in [0.25, 0.3) is 0 Å². The van der Waals surface area contributed by atoms with Gasteiger partial charge in [0.05, 0.1) is 11.9 Å². The molecule has 4 aromatic rings. The molecular formula is C23H17BrFN3O2S. The third-order valence-corrected chi connectivity index (χ3v) is 5.43. The smallest absolute Gasteiger partial charge is 0.231 e. The van der Waals surface area contributed by atoms with E-state index in [1.165, 1.54) is 23.5 Å². The van der Waals surface area contributed by atoms with Crippen molar-refractivity contribution in [3.05, 3.63) is 94.4 Å². The molecule has 0 atom stereocenters. The van der Waals surface area contributed by atoms with Crippen molar-refractivity contribution in [2.75, 3.05) is 6.79 Å². The third-order valence-electron chi connectivity index (χ3n) is 4.61. The molecule has 0 aliphatic carbocycles. The summed E-state index contributed by atoms with van der Waals surface area (Å²) in [5, 5.41) is 10.7. The van der Waals surface area contributed by atoms with E-state index in [1.807, 2.05) is 58.5 Å². The first-order valence-corrected chi connectivity index (χ1v) is 10.1. The van der Waals surface area contributed by atoms with Gasteiger partial charge in [0.15, 0.2) is 11.5 Å². The Morgan fingerprint density at radius 3 is 2.52 bits per heavy atom. The molecule has 0 saturated heterocycles. The van der Waals surface area contributed by atoms with Crippen LogP contribution in [0.25, 0.3) is 16.9 Å². The SMILES string of the molecule is Br.Fc1ccc(-c2csc(=NN=Cc3ccc4c(c3)OCO4)n2-c2ccccc2)cc1. The predicted molar refractivity (Wildman–Crippen MR) is 125 cm³/mol. The Hall–Kier alpha value is -3.23. The number of hydrogen-bond acceptors (Lipinski definition) is 5. The van der Waals surface area contributed by atoms with E-state index in [0.29, 0.717) is 10.6 Å². The Labute approximate surface area is 192 Å². The summed E-state index contributed by atoms with van der Waals surface area (Å²) < 4.78 is 26.1. The Bertz CT molecular complexity index is 1280. The number of nitrogens with zero attached hydrogens (tertiary/aromatic N) is 3. The Balaban J connectivity index is 0.00000231. The lowest BCUT2D eigenvalue weighted by atomic mass is 10.1. The van der Waals surface area contributed by atoms with Crippen LogP contribution < -0.4 is 14.3 Å². The van der Waals surface area contributed by atoms with Gasteiger partial charge >= 0.3 is 0 Å². The van der Waals surface area contributed by atoms with Gasteiger partial charge in [-0.15, -0.1) is 33.4 Å². The zero-order valence-corrected chi connectivity index (χ0v) is 18.7. The van der Waals surface area contributed by atoms with Crippen LogP contribution in [0.15, 0.2) is 88.4 Å². The van der Waals surface area contributed by atoms with Crippen LogP contribution >= 0.6 is 28.3 Å². The van der Waals surface area contributed by atoms with Gasteiger partial charge in [-0.25, -0.2) is 4.39 Å². The van der Waals surface area contributed by atoms with Crippen LogP contribution in [-0.4, -0.2) is 17.6 Å². The van der Waals surface area contributed by atoms with E-state index in [9.17, 15) is 4.39 Å². The lowest BCUT2D eigenvalue weighted by Gasteiger charge is -2.08. The van der Waals surface area contributed by atoms with Crippen molar-refractivity contribution in [1.82, 2.24) is 4.57 Å². The number of aromatic nitrogens is 1. The predicted octanol–water partition coefficient (Wildman–Crippen LogP) is 5.59. The molecule has 0 radical (unpaired) electrons. The molecule has 0 spiro atoms. The summed E-state index contributed by atoms with van der Waals surface area (Å²) >= 11 is 1.47. The average Bonchev–Trinajstić information content (AvgIpc) is 3.42. The molecule has 3 aromatic carbocycles. The maximum Gasteiger partial charge on any atom is 0.231 e. The van der Waals surface area contributed by atoms with Crippen molar-refractivity contribution in [2.45, 2.75) is 0 Å². The Morgan fingerprint density at radius 2 is 1.71 bits per heavy atom. The molecule has 0 amide bonds. The molecule has 31 heavy (non-hydrogen) atoms. The van der Waals surface area contributed by atoms with Gasteiger partial charge in [0, 0.05) is 11.1 Å². The van der Waals surface area contributed by atoms with Gasteiger partial charge in [-0.1, -0.05) is 18.2 Å². The van der Waals surface area contributed by atoms with Gasteiger partial charge in [-0.2, -0.15) is 5.10 Å². The van der Waals surface area contributed by atoms with Crippen molar-refractivity contribution in [2.24, 2.45) is 10.2 Å². The zero-order chi connectivity index (χ0) is 20.3. The second-order valence-electron chi connectivity index (χ2n) is 6.54. The van der Waals surface area contributed by atoms with Crippen molar-refractivity contribution < 1.29 is 13.9 Å². The Morgan fingerprint density at radius 1 is 0.935 bits per heavy atom. The Kier molecular flexibility index (Phi) is 6.29. The van der Waals surface area contributed by atoms with Crippen LogP contribution in [-0.2, 0) is 0 Å². The molecule has 0 unspecified atom stereocenters. The van der Waals surface area contributed by atoms with Crippen molar-refractivity contribution in [3.63, 3.8) is 0 Å². The number of benzene rings is 3. The van der Waals surface area contributed by atoms with Crippen LogP contribution in [0.3, 0.4) is 0 Å². The highest BCUT2D eigenvalue weighted by molar-refractivity contribution is 8.93. The second-order valence-corrected chi connectivity index (χ2v) is 7.38. The highest BCUT2D eigenvalue weighted by atomic mass is 79.9. The maximum absolute atomic E-state index is 13.4. The maximum atomic E-state index is 13.4. The number of ether oxygens (including phenoxy) is 2. The summed E-state index contributed by atoms with van der Waals surface area (Å²) in [5.41, 5.74) is 3.64. The molecule has 2 heterocycles. The average molecular weight is 498 g/mol. The van der Waals surface area contributed by atoms with E-state index in [-0.39, 0.29) is 29.6 Å². The minimum absolute atomic E-state index is 0. The first-order chi connectivity index (χ1) is 14.8. The van der Waals surface area contributed by atoms with E-state index < -0.39 is 0 Å². The summed E-state index contributed by atoms with van der Waals surface area (Å²) in [6.07, 6.45) is 1.68. The van der Waals surface area contributed by atoms with Crippen LogP contribution in [0.2, 0.25) is 0 Å². The quantitative estimate of drug-likeness (QED) is 0.272. The normalized spacial score (nSPS) is 12.9. The molecule has 1 aliphatic rings. The van der Waals surface area contributed by atoms with Gasteiger partial charge in [-0.3, -0.25) is 4.57 Å². The van der Waals surface area contributed by atoms with Gasteiger partial charge in [0.1, 0.15) is 5.82 Å². The number of rotatable bonds is 4. The fourth-order valence-corrected chi connectivity index (χ4v) is 4.03. The molecule has 0 saturated carbocycles. The van der Waals surface area contributed by atoms with Crippen molar-refractivity contribution >= 4 is 34.5 Å². The lowest BCUT2D eigenvalue weighted by molar-refractivity contribution is 0.174. The second kappa shape index (κ2) is 9.28. The van der Waals surface area contributed by atoms with E-state index in [0.717, 1.165) is 28.3 Å². The molecular weight excluding hydrogens is 481 g/mol. The summed E-state index contributed by atoms with van der Waals surface area (Å²) in [6, 6.07) is 21.9. The lowest BCUT2D eigenvalue weighted by Crippen LogP contribution is -2.13. The summed E-state index contributed by atoms with van der Waals surface area (Å²) in [6.45, 7) is 0.235. The van der Waals surface area contributed by atoms with Crippen molar-refractivity contribution in [1.29, 1.82) is 0 Å². The largest absolute Gasteiger partial charge is 0.454 e. The van der Waals surface area contributed by atoms with Gasteiger partial charge < -0.3 is 9.47 Å². The van der Waals surface area contributed by atoms with Crippen molar-refractivity contribution in [3.8, 4) is 28.4 Å². The number of thiazole rings is 1. The minimum atomic E-state index is -0.265. The number of hydrogen-bond donors (Lipinski definition) is 0. The van der Waals surface area contributed by atoms with Gasteiger partial charge in [0.2, 0.25) is 11.6 Å². The number of halogens is 2. The molecule has 1 aliphatic heterocycles. The molecule has 0 N–H and O–H groups in total. The number of fused-ring (bicyclic) bond motifs is 1. The van der Waals surface area contributed by atoms with E-state index in [4.69, 9.17) is 9.47 Å². The molecule has 156 valence electrons. The van der Waals surface area contributed by atoms with Crippen LogP contribution in [0.1, 0.15) is 5.56 Å². The van der Waals surface area contributed by atoms with E-state index in [1.54, 1.807) is 18.3 Å². The highest BCUT2D eigenvalue weighted by Gasteiger charge is 2.13. The summed E-state index contributed by atoms with van der Waals surface area (Å²) in [4.78, 5) is 0.706. The first kappa shape index (κ1) is 21.0. The summed E-state index contributed by atoms with van der Waals surface area (Å²) in [5.74, 6) is 1.17. The first-order valence-electron chi connectivity index (χ1n) is 9.26. The molecule has 8 heteroatoms. The van der Waals surface area contributed by atoms with Crippen LogP contribution in [0.4, 0.5) is 4.39 Å². The van der Waals surface area contributed by atoms with Crippen LogP contribution in [0.5, 0.6) is 11.5 Å². The molecule has 5 nitrogen and oxygen atoms in total. The standard InChI is InChI=1S/C23H16FN3O2S.BrH/c24-18-9-7-17(8-10-18)20-14-30-23(27(20)19-4-2-1-3-5-19)26-25-13-16-6-11-21-22(12-16)29-15-28-21;/h1-14H,15H2;1H. The van der Waals surface area contributed by atoms with E-state index >= 15 is 0 Å². The monoisotopic (exact) mass is 497 g/mol. The fraction of sp³-hybridized carbons (Fsp3) is 0.0435. The zero-order valence-electron chi connectivity index (χ0n) is 16.1. The van der Waals surface area contributed by atoms with Crippen LogP contribution in [0, 0.1) is 5.82 Å². The molecule has 0 bridgehead atoms. The fourth-order valence-electron chi connectivity index (χ4n) is 3.17. The number of para-hydroxylation sites is 1. The highest BCUT2D eigenvalue weighted by Crippen LogP contribution is 2.32.